The minimum absolute atomic E-state index is 0.0503. The van der Waals surface area contributed by atoms with Gasteiger partial charge in [0.1, 0.15) is 11.6 Å². The molecule has 2 heterocycles. The van der Waals surface area contributed by atoms with E-state index in [2.05, 4.69) is 20.6 Å². The number of rotatable bonds is 3. The molecular formula is C12H14N6O. The number of anilines is 1. The van der Waals surface area contributed by atoms with Gasteiger partial charge in [-0.15, -0.1) is 0 Å². The molecule has 1 saturated heterocycles. The van der Waals surface area contributed by atoms with E-state index in [1.807, 2.05) is 6.07 Å². The molecule has 2 rings (SSSR count). The fourth-order valence-electron chi connectivity index (χ4n) is 1.69. The average molecular weight is 258 g/mol. The maximum atomic E-state index is 12.1. The van der Waals surface area contributed by atoms with E-state index in [1.165, 1.54) is 6.20 Å². The molecule has 19 heavy (non-hydrogen) atoms. The Labute approximate surface area is 111 Å². The number of nitrogens with one attached hydrogen (secondary N) is 2. The van der Waals surface area contributed by atoms with Crippen LogP contribution >= 0.6 is 0 Å². The fraction of sp³-hybridized carbons (Fsp3) is 0.333. The zero-order chi connectivity index (χ0) is 13.5. The van der Waals surface area contributed by atoms with Crippen molar-refractivity contribution >= 4 is 11.9 Å². The number of aromatic nitrogens is 2. The predicted octanol–water partition coefficient (Wildman–Crippen LogP) is -0.272. The standard InChI is InChI=1S/C12H14N6O/c13-8-10(9-17-12-15-2-1-3-16-12)11(19)18-6-4-14-5-7-18/h1-3,9,14H,4-7H2,(H,15,16,17)/b10-9-. The zero-order valence-corrected chi connectivity index (χ0v) is 10.3. The second-order valence-electron chi connectivity index (χ2n) is 3.93. The van der Waals surface area contributed by atoms with E-state index in [9.17, 15) is 4.79 Å². The Hall–Kier alpha value is -2.46. The summed E-state index contributed by atoms with van der Waals surface area (Å²) in [4.78, 5) is 21.6. The van der Waals surface area contributed by atoms with E-state index in [1.54, 1.807) is 23.4 Å². The Morgan fingerprint density at radius 1 is 1.42 bits per heavy atom. The summed E-state index contributed by atoms with van der Waals surface area (Å²) < 4.78 is 0. The van der Waals surface area contributed by atoms with Crippen LogP contribution in [0, 0.1) is 11.3 Å². The Bertz CT molecular complexity index is 501. The van der Waals surface area contributed by atoms with Gasteiger partial charge >= 0.3 is 0 Å². The SMILES string of the molecule is N#C/C(=C/Nc1ncccn1)C(=O)N1CCNCC1. The molecule has 0 saturated carbocycles. The van der Waals surface area contributed by atoms with Crippen LogP contribution in [-0.2, 0) is 4.79 Å². The maximum Gasteiger partial charge on any atom is 0.266 e. The van der Waals surface area contributed by atoms with Crippen LogP contribution in [0.25, 0.3) is 0 Å². The summed E-state index contributed by atoms with van der Waals surface area (Å²) in [5, 5.41) is 14.9. The largest absolute Gasteiger partial charge is 0.335 e. The van der Waals surface area contributed by atoms with E-state index < -0.39 is 0 Å². The van der Waals surface area contributed by atoms with Crippen LogP contribution < -0.4 is 10.6 Å². The number of carbonyl (C=O) groups excluding carboxylic acids is 1. The van der Waals surface area contributed by atoms with E-state index in [0.717, 1.165) is 13.1 Å². The quantitative estimate of drug-likeness (QED) is 0.572. The third kappa shape index (κ3) is 3.50. The van der Waals surface area contributed by atoms with Crippen molar-refractivity contribution in [3.05, 3.63) is 30.2 Å². The van der Waals surface area contributed by atoms with Crippen molar-refractivity contribution in [1.82, 2.24) is 20.2 Å². The van der Waals surface area contributed by atoms with Gasteiger partial charge in [-0.25, -0.2) is 9.97 Å². The predicted molar refractivity (Wildman–Crippen MR) is 68.8 cm³/mol. The molecule has 0 atom stereocenters. The van der Waals surface area contributed by atoms with Crippen LogP contribution in [-0.4, -0.2) is 47.0 Å². The van der Waals surface area contributed by atoms with E-state index in [-0.39, 0.29) is 11.5 Å². The summed E-state index contributed by atoms with van der Waals surface area (Å²) in [6.45, 7) is 2.72. The van der Waals surface area contributed by atoms with Crippen LogP contribution in [0.3, 0.4) is 0 Å². The molecule has 1 amide bonds. The second kappa shape index (κ2) is 6.47. The molecule has 0 radical (unpaired) electrons. The second-order valence-corrected chi connectivity index (χ2v) is 3.93. The van der Waals surface area contributed by atoms with Crippen molar-refractivity contribution in [1.29, 1.82) is 5.26 Å². The average Bonchev–Trinajstić information content (AvgIpc) is 2.49. The van der Waals surface area contributed by atoms with Crippen molar-refractivity contribution in [3.63, 3.8) is 0 Å². The fourth-order valence-corrected chi connectivity index (χ4v) is 1.69. The molecular weight excluding hydrogens is 244 g/mol. The number of hydrogen-bond acceptors (Lipinski definition) is 6. The normalized spacial score (nSPS) is 15.7. The molecule has 7 heteroatoms. The van der Waals surface area contributed by atoms with Crippen molar-refractivity contribution in [2.24, 2.45) is 0 Å². The third-order valence-corrected chi connectivity index (χ3v) is 2.67. The Kier molecular flexibility index (Phi) is 4.42. The third-order valence-electron chi connectivity index (χ3n) is 2.67. The van der Waals surface area contributed by atoms with Crippen molar-refractivity contribution in [3.8, 4) is 6.07 Å². The molecule has 0 unspecified atom stereocenters. The van der Waals surface area contributed by atoms with E-state index in [4.69, 9.17) is 5.26 Å². The highest BCUT2D eigenvalue weighted by molar-refractivity contribution is 5.97. The Morgan fingerprint density at radius 3 is 2.74 bits per heavy atom. The minimum atomic E-state index is -0.271. The van der Waals surface area contributed by atoms with E-state index >= 15 is 0 Å². The molecule has 98 valence electrons. The molecule has 7 nitrogen and oxygen atoms in total. The molecule has 1 fully saturated rings. The smallest absolute Gasteiger partial charge is 0.266 e. The highest BCUT2D eigenvalue weighted by atomic mass is 16.2. The van der Waals surface area contributed by atoms with Gasteiger partial charge in [-0.05, 0) is 6.07 Å². The van der Waals surface area contributed by atoms with Crippen molar-refractivity contribution < 1.29 is 4.79 Å². The monoisotopic (exact) mass is 258 g/mol. The number of carbonyl (C=O) groups is 1. The molecule has 0 bridgehead atoms. The summed E-state index contributed by atoms with van der Waals surface area (Å²) >= 11 is 0. The van der Waals surface area contributed by atoms with Crippen LogP contribution in [0.5, 0.6) is 0 Å². The summed E-state index contributed by atoms with van der Waals surface area (Å²) in [5.74, 6) is 0.0794. The van der Waals surface area contributed by atoms with Crippen molar-refractivity contribution in [2.45, 2.75) is 0 Å². The first kappa shape index (κ1) is 13.0. The van der Waals surface area contributed by atoms with Gasteiger partial charge in [0.05, 0.1) is 0 Å². The molecule has 0 aromatic carbocycles. The van der Waals surface area contributed by atoms with Gasteiger partial charge in [0.15, 0.2) is 0 Å². The maximum absolute atomic E-state index is 12.1. The summed E-state index contributed by atoms with van der Waals surface area (Å²) in [6, 6.07) is 3.59. The number of hydrogen-bond donors (Lipinski definition) is 2. The van der Waals surface area contributed by atoms with Gasteiger partial charge in [-0.3, -0.25) is 4.79 Å². The highest BCUT2D eigenvalue weighted by Crippen LogP contribution is 2.04. The lowest BCUT2D eigenvalue weighted by atomic mass is 10.2. The van der Waals surface area contributed by atoms with Gasteiger partial charge < -0.3 is 15.5 Å². The first-order chi connectivity index (χ1) is 9.31. The summed E-state index contributed by atoms with van der Waals surface area (Å²) in [5.41, 5.74) is 0.0503. The number of nitriles is 1. The molecule has 1 aliphatic rings. The van der Waals surface area contributed by atoms with E-state index in [0.29, 0.717) is 19.0 Å². The van der Waals surface area contributed by atoms with Gasteiger partial charge in [0, 0.05) is 44.8 Å². The van der Waals surface area contributed by atoms with Crippen LogP contribution in [0.2, 0.25) is 0 Å². The molecule has 0 aliphatic carbocycles. The number of piperazine rings is 1. The molecule has 1 aliphatic heterocycles. The molecule has 1 aromatic heterocycles. The summed E-state index contributed by atoms with van der Waals surface area (Å²) in [6.07, 6.45) is 4.50. The summed E-state index contributed by atoms with van der Waals surface area (Å²) in [7, 11) is 0. The number of amides is 1. The molecule has 1 aromatic rings. The lowest BCUT2D eigenvalue weighted by molar-refractivity contribution is -0.127. The first-order valence-electron chi connectivity index (χ1n) is 5.95. The lowest BCUT2D eigenvalue weighted by Crippen LogP contribution is -2.46. The van der Waals surface area contributed by atoms with Crippen LogP contribution in [0.1, 0.15) is 0 Å². The highest BCUT2D eigenvalue weighted by Gasteiger charge is 2.19. The lowest BCUT2D eigenvalue weighted by Gasteiger charge is -2.27. The van der Waals surface area contributed by atoms with Gasteiger partial charge in [0.25, 0.3) is 5.91 Å². The molecule has 0 spiro atoms. The van der Waals surface area contributed by atoms with Gasteiger partial charge in [0.2, 0.25) is 5.95 Å². The Balaban J connectivity index is 2.03. The van der Waals surface area contributed by atoms with Gasteiger partial charge in [-0.1, -0.05) is 0 Å². The van der Waals surface area contributed by atoms with Crippen molar-refractivity contribution in [2.75, 3.05) is 31.5 Å². The topological polar surface area (TPSA) is 93.9 Å². The minimum Gasteiger partial charge on any atom is -0.335 e. The molecule has 2 N–H and O–H groups in total. The first-order valence-corrected chi connectivity index (χ1v) is 5.95. The number of nitrogens with zero attached hydrogens (tertiary/aromatic N) is 4. The van der Waals surface area contributed by atoms with Crippen LogP contribution in [0.4, 0.5) is 5.95 Å². The zero-order valence-electron chi connectivity index (χ0n) is 10.3. The Morgan fingerprint density at radius 2 is 2.11 bits per heavy atom. The van der Waals surface area contributed by atoms with Crippen LogP contribution in [0.15, 0.2) is 30.2 Å². The van der Waals surface area contributed by atoms with Gasteiger partial charge in [-0.2, -0.15) is 5.26 Å².